The summed E-state index contributed by atoms with van der Waals surface area (Å²) in [5.74, 6) is 1.93. The van der Waals surface area contributed by atoms with Crippen molar-refractivity contribution in [3.05, 3.63) is 72.0 Å². The molecule has 0 fully saturated rings. The van der Waals surface area contributed by atoms with Gasteiger partial charge < -0.3 is 4.74 Å². The maximum atomic E-state index is 5.09. The van der Waals surface area contributed by atoms with Crippen molar-refractivity contribution in [3.8, 4) is 0 Å². The summed E-state index contributed by atoms with van der Waals surface area (Å²) < 4.78 is 5.09. The quantitative estimate of drug-likeness (QED) is 0.403. The van der Waals surface area contributed by atoms with Gasteiger partial charge in [0.25, 0.3) is 0 Å². The topological polar surface area (TPSA) is 9.23 Å². The van der Waals surface area contributed by atoms with Gasteiger partial charge in [0, 0.05) is 5.75 Å². The molecule has 0 saturated carbocycles. The van der Waals surface area contributed by atoms with Crippen LogP contribution in [0, 0.1) is 6.92 Å². The van der Waals surface area contributed by atoms with Gasteiger partial charge in [0.2, 0.25) is 0 Å². The van der Waals surface area contributed by atoms with Crippen molar-refractivity contribution < 1.29 is 4.74 Å². The lowest BCUT2D eigenvalue weighted by Gasteiger charge is -1.96. The summed E-state index contributed by atoms with van der Waals surface area (Å²) in [5, 5.41) is 0. The second kappa shape index (κ2) is 26.5. The van der Waals surface area contributed by atoms with E-state index < -0.39 is 0 Å². The molecule has 1 nitrogen and oxygen atoms in total. The van der Waals surface area contributed by atoms with Crippen LogP contribution in [0.3, 0.4) is 0 Å². The summed E-state index contributed by atoms with van der Waals surface area (Å²) in [6.45, 7) is 12.3. The van der Waals surface area contributed by atoms with Crippen molar-refractivity contribution in [2.24, 2.45) is 0 Å². The molecule has 0 atom stereocenters. The Morgan fingerprint density at radius 2 is 1.67 bits per heavy atom. The highest BCUT2D eigenvalue weighted by molar-refractivity contribution is 7.98. The zero-order valence-corrected chi connectivity index (χ0v) is 17.8. The summed E-state index contributed by atoms with van der Waals surface area (Å²) in [5.41, 5.74) is 1.32. The van der Waals surface area contributed by atoms with Crippen LogP contribution < -0.4 is 0 Å². The molecule has 0 aliphatic heterocycles. The third kappa shape index (κ3) is 25.5. The van der Waals surface area contributed by atoms with Crippen molar-refractivity contribution in [1.29, 1.82) is 0 Å². The fraction of sp³-hybridized carbons (Fsp3) is 0.455. The van der Waals surface area contributed by atoms with E-state index in [2.05, 4.69) is 45.2 Å². The maximum Gasteiger partial charge on any atom is 0.118 e. The number of hydrogen-bond acceptors (Lipinski definition) is 2. The summed E-state index contributed by atoms with van der Waals surface area (Å²) in [4.78, 5) is 0. The second-order valence-corrected chi connectivity index (χ2v) is 5.43. The first kappa shape index (κ1) is 27.4. The minimum Gasteiger partial charge on any atom is -0.497 e. The van der Waals surface area contributed by atoms with Crippen molar-refractivity contribution in [3.63, 3.8) is 0 Å². The summed E-state index contributed by atoms with van der Waals surface area (Å²) in [7, 11) is 1.67. The van der Waals surface area contributed by atoms with Gasteiger partial charge >= 0.3 is 0 Å². The van der Waals surface area contributed by atoms with E-state index in [4.69, 9.17) is 4.74 Å². The predicted molar refractivity (Wildman–Crippen MR) is 116 cm³/mol. The average Bonchev–Trinajstić information content (AvgIpc) is 2.61. The number of allylic oxidation sites excluding steroid dienone is 4. The Hall–Kier alpha value is -1.41. The van der Waals surface area contributed by atoms with Crippen LogP contribution >= 0.6 is 11.8 Å². The number of benzene rings is 1. The third-order valence-electron chi connectivity index (χ3n) is 2.17. The molecule has 0 amide bonds. The lowest BCUT2D eigenvalue weighted by atomic mass is 10.2. The molecule has 1 rings (SSSR count). The van der Waals surface area contributed by atoms with Crippen molar-refractivity contribution in [2.75, 3.05) is 19.1 Å². The smallest absolute Gasteiger partial charge is 0.118 e. The van der Waals surface area contributed by atoms with Crippen LogP contribution in [0.1, 0.15) is 46.6 Å². The fourth-order valence-corrected chi connectivity index (χ4v) is 1.51. The predicted octanol–water partition coefficient (Wildman–Crippen LogP) is 7.45. The molecule has 0 aliphatic rings. The zero-order valence-electron chi connectivity index (χ0n) is 17.0. The molecular weight excluding hydrogens is 312 g/mol. The molecule has 0 aliphatic carbocycles. The molecule has 138 valence electrons. The van der Waals surface area contributed by atoms with Crippen LogP contribution in [0.25, 0.3) is 0 Å². The lowest BCUT2D eigenvalue weighted by Crippen LogP contribution is -1.79. The third-order valence-corrected chi connectivity index (χ3v) is 2.69. The Kier molecular flexibility index (Phi) is 30.3. The molecule has 0 heterocycles. The second-order valence-electron chi connectivity index (χ2n) is 4.52. The number of ether oxygens (including phenoxy) is 1. The zero-order chi connectivity index (χ0) is 19.1. The first-order valence-electron chi connectivity index (χ1n) is 8.70. The van der Waals surface area contributed by atoms with Crippen LogP contribution in [0.2, 0.25) is 0 Å². The first-order valence-corrected chi connectivity index (χ1v) is 10.1. The molecule has 0 saturated heterocycles. The van der Waals surface area contributed by atoms with E-state index in [9.17, 15) is 0 Å². The highest BCUT2D eigenvalue weighted by Gasteiger charge is 1.83. The molecule has 0 unspecified atom stereocenters. The van der Waals surface area contributed by atoms with Crippen molar-refractivity contribution in [2.45, 2.75) is 48.0 Å². The van der Waals surface area contributed by atoms with Crippen LogP contribution in [0.4, 0.5) is 0 Å². The van der Waals surface area contributed by atoms with Gasteiger partial charge in [-0.15, -0.1) is 0 Å². The van der Waals surface area contributed by atoms with Gasteiger partial charge in [-0.1, -0.05) is 88.2 Å². The van der Waals surface area contributed by atoms with E-state index in [0.29, 0.717) is 0 Å². The van der Waals surface area contributed by atoms with Gasteiger partial charge in [-0.05, 0) is 32.3 Å². The largest absolute Gasteiger partial charge is 0.497 e. The summed E-state index contributed by atoms with van der Waals surface area (Å²) in [6, 6.07) is 10.3. The molecule has 1 aromatic rings. The fourth-order valence-electron chi connectivity index (χ4n) is 1.20. The minimum atomic E-state index is 0.884. The van der Waals surface area contributed by atoms with E-state index in [0.717, 1.165) is 11.5 Å². The Morgan fingerprint density at radius 1 is 1.12 bits per heavy atom. The molecule has 0 radical (unpaired) electrons. The standard InChI is InChI=1S/C10H16OS.C7H8.C3H8.C2H6/c1-4-7-10(11-2)8-5-6-9-12-3;1-7-5-3-2-4-6-7;1-3-2;1-2/h4-8H,9H2,1-3H3;2-6H,1H3;3H2,1-2H3;1-2H3/b6-5+,7-4-,10-8+;;;. The minimum absolute atomic E-state index is 0.884. The van der Waals surface area contributed by atoms with Crippen LogP contribution in [0.15, 0.2) is 66.5 Å². The molecule has 0 spiro atoms. The van der Waals surface area contributed by atoms with Gasteiger partial charge in [-0.2, -0.15) is 11.8 Å². The van der Waals surface area contributed by atoms with Crippen molar-refractivity contribution in [1.82, 2.24) is 0 Å². The Labute approximate surface area is 155 Å². The van der Waals surface area contributed by atoms with Crippen LogP contribution in [0.5, 0.6) is 0 Å². The average molecular weight is 351 g/mol. The summed E-state index contributed by atoms with van der Waals surface area (Å²) in [6.07, 6.45) is 13.3. The molecule has 1 aromatic carbocycles. The Bertz CT molecular complexity index is 405. The number of aryl methyl sites for hydroxylation is 1. The number of thioether (sulfide) groups is 1. The van der Waals surface area contributed by atoms with E-state index in [1.54, 1.807) is 18.9 Å². The van der Waals surface area contributed by atoms with Crippen LogP contribution in [-0.2, 0) is 4.74 Å². The van der Waals surface area contributed by atoms with E-state index in [1.807, 2.05) is 63.3 Å². The van der Waals surface area contributed by atoms with E-state index in [-0.39, 0.29) is 0 Å². The maximum absolute atomic E-state index is 5.09. The first-order chi connectivity index (χ1) is 11.7. The molecule has 24 heavy (non-hydrogen) atoms. The monoisotopic (exact) mass is 350 g/mol. The SMILES string of the molecule is CC.CCC.C\C=C/C(=C\C=C\CSC)OC.Cc1ccccc1. The molecular formula is C22H38OS. The normalized spacial score (nSPS) is 10.1. The van der Waals surface area contributed by atoms with Gasteiger partial charge in [0.1, 0.15) is 5.76 Å². The van der Waals surface area contributed by atoms with E-state index >= 15 is 0 Å². The highest BCUT2D eigenvalue weighted by atomic mass is 32.2. The number of hydrogen-bond donors (Lipinski definition) is 0. The van der Waals surface area contributed by atoms with Gasteiger partial charge in [0.15, 0.2) is 0 Å². The Balaban J connectivity index is -0.000000309. The van der Waals surface area contributed by atoms with E-state index in [1.165, 1.54) is 12.0 Å². The Morgan fingerprint density at radius 3 is 2.00 bits per heavy atom. The molecule has 0 N–H and O–H groups in total. The van der Waals surface area contributed by atoms with Gasteiger partial charge in [-0.3, -0.25) is 0 Å². The highest BCUT2D eigenvalue weighted by Crippen LogP contribution is 1.99. The summed E-state index contributed by atoms with van der Waals surface area (Å²) >= 11 is 1.80. The van der Waals surface area contributed by atoms with Gasteiger partial charge in [-0.25, -0.2) is 0 Å². The van der Waals surface area contributed by atoms with Crippen LogP contribution in [-0.4, -0.2) is 19.1 Å². The molecule has 2 heteroatoms. The number of methoxy groups -OCH3 is 1. The number of rotatable bonds is 5. The van der Waals surface area contributed by atoms with Crippen molar-refractivity contribution >= 4 is 11.8 Å². The van der Waals surface area contributed by atoms with Gasteiger partial charge in [0.05, 0.1) is 7.11 Å². The molecule has 0 bridgehead atoms. The molecule has 0 aromatic heterocycles. The lowest BCUT2D eigenvalue weighted by molar-refractivity contribution is 0.307.